The van der Waals surface area contributed by atoms with Gasteiger partial charge in [0, 0.05) is 5.69 Å². The van der Waals surface area contributed by atoms with Gasteiger partial charge >= 0.3 is 5.97 Å². The quantitative estimate of drug-likeness (QED) is 0.528. The van der Waals surface area contributed by atoms with Crippen molar-refractivity contribution >= 4 is 23.1 Å². The molecule has 32 heavy (non-hydrogen) atoms. The summed E-state index contributed by atoms with van der Waals surface area (Å²) in [6.45, 7) is 6.57. The molecule has 0 bridgehead atoms. The highest BCUT2D eigenvalue weighted by Gasteiger charge is 2.29. The zero-order valence-corrected chi connectivity index (χ0v) is 18.6. The number of carbonyl (C=O) groups excluding carboxylic acids is 1. The molecule has 2 N–H and O–H groups in total. The van der Waals surface area contributed by atoms with Crippen LogP contribution in [-0.4, -0.2) is 17.0 Å². The highest BCUT2D eigenvalue weighted by Crippen LogP contribution is 2.41. The third kappa shape index (κ3) is 4.50. The zero-order valence-electron chi connectivity index (χ0n) is 18.6. The summed E-state index contributed by atoms with van der Waals surface area (Å²) < 4.78 is 0. The van der Waals surface area contributed by atoms with Crippen molar-refractivity contribution in [2.75, 3.05) is 5.32 Å². The number of hydrogen-bond donors (Lipinski definition) is 2. The molecule has 4 nitrogen and oxygen atoms in total. The molecule has 0 aromatic heterocycles. The molecule has 1 aliphatic carbocycles. The minimum absolute atomic E-state index is 0.0112. The van der Waals surface area contributed by atoms with Crippen LogP contribution in [0.15, 0.2) is 72.8 Å². The van der Waals surface area contributed by atoms with Crippen LogP contribution in [-0.2, 0) is 16.6 Å². The molecule has 0 spiro atoms. The van der Waals surface area contributed by atoms with Crippen LogP contribution >= 0.6 is 0 Å². The lowest BCUT2D eigenvalue weighted by atomic mass is 9.71. The van der Waals surface area contributed by atoms with Gasteiger partial charge in [-0.3, -0.25) is 4.79 Å². The third-order valence-electron chi connectivity index (χ3n) is 6.06. The third-order valence-corrected chi connectivity index (χ3v) is 6.06. The highest BCUT2D eigenvalue weighted by molar-refractivity contribution is 5.94. The number of carbonyl (C=O) groups is 2. The minimum atomic E-state index is -0.987. The van der Waals surface area contributed by atoms with Gasteiger partial charge in [-0.05, 0) is 70.9 Å². The van der Waals surface area contributed by atoms with Crippen LogP contribution in [0.1, 0.15) is 58.4 Å². The number of rotatable bonds is 5. The predicted octanol–water partition coefficient (Wildman–Crippen LogP) is 5.99. The van der Waals surface area contributed by atoms with Crippen LogP contribution < -0.4 is 5.32 Å². The molecule has 0 radical (unpaired) electrons. The molecule has 0 heterocycles. The molecule has 0 saturated heterocycles. The van der Waals surface area contributed by atoms with E-state index < -0.39 is 5.97 Å². The monoisotopic (exact) mass is 425 g/mol. The number of nitrogens with one attached hydrogen (secondary N) is 1. The van der Waals surface area contributed by atoms with E-state index in [1.165, 1.54) is 40.0 Å². The average molecular weight is 426 g/mol. The molecule has 1 aliphatic rings. The van der Waals surface area contributed by atoms with Gasteiger partial charge in [-0.15, -0.1) is 0 Å². The van der Waals surface area contributed by atoms with E-state index in [1.54, 1.807) is 12.1 Å². The number of hydrogen-bond acceptors (Lipinski definition) is 2. The Kier molecular flexibility index (Phi) is 5.70. The number of aromatic carboxylic acids is 1. The van der Waals surface area contributed by atoms with Crippen molar-refractivity contribution in [1.82, 2.24) is 0 Å². The SMILES string of the molecule is Cc1ccc(C2=CCC(C)(C)c3cc(CC(=O)Nc4ccc(C(=O)O)cc4)ccc32)cc1. The first-order chi connectivity index (χ1) is 15.2. The van der Waals surface area contributed by atoms with Gasteiger partial charge in [-0.2, -0.15) is 0 Å². The molecule has 0 aliphatic heterocycles. The van der Waals surface area contributed by atoms with Gasteiger partial charge in [-0.1, -0.05) is 68.0 Å². The molecule has 1 amide bonds. The van der Waals surface area contributed by atoms with E-state index in [0.717, 1.165) is 12.0 Å². The van der Waals surface area contributed by atoms with Crippen molar-refractivity contribution in [3.8, 4) is 0 Å². The Morgan fingerprint density at radius 2 is 1.66 bits per heavy atom. The van der Waals surface area contributed by atoms with Gasteiger partial charge in [0.05, 0.1) is 12.0 Å². The van der Waals surface area contributed by atoms with E-state index in [9.17, 15) is 9.59 Å². The van der Waals surface area contributed by atoms with Crippen LogP contribution in [0.25, 0.3) is 5.57 Å². The Balaban J connectivity index is 1.55. The lowest BCUT2D eigenvalue weighted by Crippen LogP contribution is -2.23. The fourth-order valence-electron chi connectivity index (χ4n) is 4.17. The van der Waals surface area contributed by atoms with Gasteiger partial charge in [0.1, 0.15) is 0 Å². The second-order valence-electron chi connectivity index (χ2n) is 9.06. The van der Waals surface area contributed by atoms with Crippen molar-refractivity contribution in [2.45, 2.75) is 39.0 Å². The Morgan fingerprint density at radius 3 is 2.31 bits per heavy atom. The van der Waals surface area contributed by atoms with Crippen LogP contribution in [0, 0.1) is 6.92 Å². The first-order valence-electron chi connectivity index (χ1n) is 10.8. The zero-order chi connectivity index (χ0) is 22.9. The van der Waals surface area contributed by atoms with Crippen LogP contribution in [0.5, 0.6) is 0 Å². The van der Waals surface area contributed by atoms with E-state index in [4.69, 9.17) is 5.11 Å². The summed E-state index contributed by atoms with van der Waals surface area (Å²) >= 11 is 0. The summed E-state index contributed by atoms with van der Waals surface area (Å²) in [5.74, 6) is -1.12. The van der Waals surface area contributed by atoms with E-state index in [-0.39, 0.29) is 23.3 Å². The van der Waals surface area contributed by atoms with Crippen molar-refractivity contribution in [2.24, 2.45) is 0 Å². The fourth-order valence-corrected chi connectivity index (χ4v) is 4.17. The molecule has 4 heteroatoms. The fraction of sp³-hybridized carbons (Fsp3) is 0.214. The van der Waals surface area contributed by atoms with Crippen molar-refractivity contribution < 1.29 is 14.7 Å². The van der Waals surface area contributed by atoms with Crippen molar-refractivity contribution in [3.05, 3.63) is 106 Å². The number of carboxylic acids is 1. The molecule has 0 fully saturated rings. The van der Waals surface area contributed by atoms with Crippen molar-refractivity contribution in [1.29, 1.82) is 0 Å². The first kappa shape index (κ1) is 21.6. The van der Waals surface area contributed by atoms with E-state index in [1.807, 2.05) is 6.07 Å². The smallest absolute Gasteiger partial charge is 0.335 e. The Hall–Kier alpha value is -3.66. The standard InChI is InChI=1S/C28H27NO3/c1-18-4-7-20(8-5-18)23-14-15-28(2,3)25-16-19(6-13-24(23)25)17-26(30)29-22-11-9-21(10-12-22)27(31)32/h4-14,16H,15,17H2,1-3H3,(H,29,30)(H,31,32). The normalized spacial score (nSPS) is 14.3. The minimum Gasteiger partial charge on any atom is -0.478 e. The number of allylic oxidation sites excluding steroid dienone is 1. The second-order valence-corrected chi connectivity index (χ2v) is 9.06. The topological polar surface area (TPSA) is 66.4 Å². The van der Waals surface area contributed by atoms with E-state index in [0.29, 0.717) is 5.69 Å². The molecule has 0 unspecified atom stereocenters. The van der Waals surface area contributed by atoms with E-state index in [2.05, 4.69) is 68.6 Å². The largest absolute Gasteiger partial charge is 0.478 e. The van der Waals surface area contributed by atoms with Crippen LogP contribution in [0.3, 0.4) is 0 Å². The van der Waals surface area contributed by atoms with Gasteiger partial charge in [0.25, 0.3) is 0 Å². The molecule has 3 aromatic rings. The number of fused-ring (bicyclic) bond motifs is 1. The average Bonchev–Trinajstić information content (AvgIpc) is 2.75. The maximum absolute atomic E-state index is 12.6. The Labute approximate surface area is 188 Å². The number of benzene rings is 3. The van der Waals surface area contributed by atoms with Crippen LogP contribution in [0.2, 0.25) is 0 Å². The van der Waals surface area contributed by atoms with Crippen LogP contribution in [0.4, 0.5) is 5.69 Å². The summed E-state index contributed by atoms with van der Waals surface area (Å²) in [6.07, 6.45) is 3.52. The number of anilines is 1. The molecular formula is C28H27NO3. The maximum atomic E-state index is 12.6. The highest BCUT2D eigenvalue weighted by atomic mass is 16.4. The number of carboxylic acid groups (broad SMARTS) is 1. The summed E-state index contributed by atoms with van der Waals surface area (Å²) in [5.41, 5.74) is 7.90. The summed E-state index contributed by atoms with van der Waals surface area (Å²) in [4.78, 5) is 23.6. The molecule has 162 valence electrons. The van der Waals surface area contributed by atoms with Gasteiger partial charge < -0.3 is 10.4 Å². The molecule has 0 atom stereocenters. The first-order valence-corrected chi connectivity index (χ1v) is 10.8. The Morgan fingerprint density at radius 1 is 0.969 bits per heavy atom. The molecule has 4 rings (SSSR count). The number of aryl methyl sites for hydroxylation is 1. The summed E-state index contributed by atoms with van der Waals surface area (Å²) in [6, 6.07) is 21.1. The maximum Gasteiger partial charge on any atom is 0.335 e. The summed E-state index contributed by atoms with van der Waals surface area (Å²) in [5, 5.41) is 11.9. The Bertz CT molecular complexity index is 1200. The second kappa shape index (κ2) is 8.46. The predicted molar refractivity (Wildman–Crippen MR) is 128 cm³/mol. The number of amides is 1. The lowest BCUT2D eigenvalue weighted by molar-refractivity contribution is -0.115. The lowest BCUT2D eigenvalue weighted by Gasteiger charge is -2.33. The molecule has 0 saturated carbocycles. The van der Waals surface area contributed by atoms with Gasteiger partial charge in [0.2, 0.25) is 5.91 Å². The summed E-state index contributed by atoms with van der Waals surface area (Å²) in [7, 11) is 0. The molecule has 3 aromatic carbocycles. The van der Waals surface area contributed by atoms with Crippen molar-refractivity contribution in [3.63, 3.8) is 0 Å². The van der Waals surface area contributed by atoms with Gasteiger partial charge in [-0.25, -0.2) is 4.79 Å². The molecular weight excluding hydrogens is 398 g/mol. The van der Waals surface area contributed by atoms with E-state index >= 15 is 0 Å². The van der Waals surface area contributed by atoms with Gasteiger partial charge in [0.15, 0.2) is 0 Å².